The molecule has 0 fully saturated rings. The number of amides is 2. The zero-order chi connectivity index (χ0) is 17.9. The summed E-state index contributed by atoms with van der Waals surface area (Å²) in [5, 5.41) is 14.1. The van der Waals surface area contributed by atoms with Crippen molar-refractivity contribution >= 4 is 11.8 Å². The normalized spacial score (nSPS) is 10.6. The molecular weight excluding hydrogens is 314 g/mol. The molecule has 0 atom stereocenters. The van der Waals surface area contributed by atoms with Gasteiger partial charge in [0.15, 0.2) is 0 Å². The summed E-state index contributed by atoms with van der Waals surface area (Å²) in [7, 11) is 0. The quantitative estimate of drug-likeness (QED) is 0.264. The molecule has 0 aliphatic rings. The van der Waals surface area contributed by atoms with E-state index >= 15 is 0 Å². The molecule has 0 aromatic heterocycles. The molecule has 0 unspecified atom stereocenters. The lowest BCUT2D eigenvalue weighted by Gasteiger charge is -2.07. The standard InChI is InChI=1S/C16H33N3O5/c17-7-11-23-13-14-24-12-9-19-16(22)6-5-15(21)18-8-3-1-2-4-10-20/h20H,1-14,17H2,(H,18,21)(H,19,22). The molecule has 2 amide bonds. The lowest BCUT2D eigenvalue weighted by molar-refractivity contribution is -0.126. The van der Waals surface area contributed by atoms with E-state index in [0.717, 1.165) is 25.7 Å². The first-order chi connectivity index (χ1) is 11.7. The van der Waals surface area contributed by atoms with Gasteiger partial charge < -0.3 is 30.9 Å². The fourth-order valence-corrected chi connectivity index (χ4v) is 1.89. The average molecular weight is 347 g/mol. The topological polar surface area (TPSA) is 123 Å². The molecule has 0 bridgehead atoms. The molecule has 0 saturated carbocycles. The predicted octanol–water partition coefficient (Wildman–Crippen LogP) is -0.456. The van der Waals surface area contributed by atoms with Gasteiger partial charge >= 0.3 is 0 Å². The van der Waals surface area contributed by atoms with Crippen LogP contribution >= 0.6 is 0 Å². The minimum atomic E-state index is -0.156. The summed E-state index contributed by atoms with van der Waals surface area (Å²) in [6, 6.07) is 0. The number of aliphatic hydroxyl groups is 1. The van der Waals surface area contributed by atoms with E-state index in [1.807, 2.05) is 0 Å². The van der Waals surface area contributed by atoms with Crippen molar-refractivity contribution < 1.29 is 24.2 Å². The molecule has 0 aliphatic heterocycles. The summed E-state index contributed by atoms with van der Waals surface area (Å²) in [6.45, 7) is 3.64. The molecule has 0 aromatic carbocycles. The molecule has 142 valence electrons. The van der Waals surface area contributed by atoms with Gasteiger partial charge in [0.2, 0.25) is 11.8 Å². The third-order valence-corrected chi connectivity index (χ3v) is 3.19. The van der Waals surface area contributed by atoms with Crippen LogP contribution in [-0.4, -0.2) is 69.6 Å². The van der Waals surface area contributed by atoms with Crippen LogP contribution in [0.1, 0.15) is 38.5 Å². The number of aliphatic hydroxyl groups excluding tert-OH is 1. The number of nitrogens with one attached hydrogen (secondary N) is 2. The van der Waals surface area contributed by atoms with Gasteiger partial charge in [0.1, 0.15) is 0 Å². The van der Waals surface area contributed by atoms with E-state index in [4.69, 9.17) is 20.3 Å². The molecule has 0 aromatic rings. The van der Waals surface area contributed by atoms with E-state index in [1.165, 1.54) is 0 Å². The smallest absolute Gasteiger partial charge is 0.220 e. The summed E-state index contributed by atoms with van der Waals surface area (Å²) < 4.78 is 10.4. The van der Waals surface area contributed by atoms with Crippen LogP contribution in [-0.2, 0) is 19.1 Å². The summed E-state index contributed by atoms with van der Waals surface area (Å²) in [4.78, 5) is 23.1. The van der Waals surface area contributed by atoms with Gasteiger partial charge in [-0.1, -0.05) is 12.8 Å². The third-order valence-electron chi connectivity index (χ3n) is 3.19. The first-order valence-corrected chi connectivity index (χ1v) is 8.70. The van der Waals surface area contributed by atoms with Gasteiger partial charge in [0.25, 0.3) is 0 Å². The van der Waals surface area contributed by atoms with Crippen molar-refractivity contribution in [1.82, 2.24) is 10.6 Å². The largest absolute Gasteiger partial charge is 0.396 e. The van der Waals surface area contributed by atoms with E-state index in [1.54, 1.807) is 0 Å². The first kappa shape index (κ1) is 22.8. The lowest BCUT2D eigenvalue weighted by atomic mass is 10.2. The Balaban J connectivity index is 3.34. The summed E-state index contributed by atoms with van der Waals surface area (Å²) >= 11 is 0. The molecule has 8 heteroatoms. The molecule has 0 saturated heterocycles. The van der Waals surface area contributed by atoms with Crippen LogP contribution in [0.15, 0.2) is 0 Å². The number of carbonyl (C=O) groups is 2. The van der Waals surface area contributed by atoms with E-state index in [9.17, 15) is 9.59 Å². The van der Waals surface area contributed by atoms with Crippen molar-refractivity contribution in [1.29, 1.82) is 0 Å². The van der Waals surface area contributed by atoms with Gasteiger partial charge in [-0.05, 0) is 12.8 Å². The summed E-state index contributed by atoms with van der Waals surface area (Å²) in [5.41, 5.74) is 5.28. The Morgan fingerprint density at radius 1 is 0.792 bits per heavy atom. The molecule has 0 spiro atoms. The van der Waals surface area contributed by atoms with Gasteiger partial charge in [-0.3, -0.25) is 9.59 Å². The summed E-state index contributed by atoms with van der Waals surface area (Å²) in [5.74, 6) is -0.267. The Morgan fingerprint density at radius 2 is 1.38 bits per heavy atom. The molecule has 24 heavy (non-hydrogen) atoms. The molecule has 0 rings (SSSR count). The highest BCUT2D eigenvalue weighted by Gasteiger charge is 2.06. The van der Waals surface area contributed by atoms with E-state index in [-0.39, 0.29) is 31.3 Å². The van der Waals surface area contributed by atoms with Crippen molar-refractivity contribution in [3.05, 3.63) is 0 Å². The van der Waals surface area contributed by atoms with E-state index < -0.39 is 0 Å². The SMILES string of the molecule is NCCOCCOCCNC(=O)CCC(=O)NCCCCCCO. The Hall–Kier alpha value is -1.22. The molecule has 0 heterocycles. The zero-order valence-electron chi connectivity index (χ0n) is 14.6. The van der Waals surface area contributed by atoms with Gasteiger partial charge in [0, 0.05) is 39.1 Å². The van der Waals surface area contributed by atoms with Crippen LogP contribution in [0, 0.1) is 0 Å². The molecule has 8 nitrogen and oxygen atoms in total. The van der Waals surface area contributed by atoms with Crippen LogP contribution in [0.5, 0.6) is 0 Å². The lowest BCUT2D eigenvalue weighted by Crippen LogP contribution is -2.30. The highest BCUT2D eigenvalue weighted by atomic mass is 16.5. The van der Waals surface area contributed by atoms with Crippen molar-refractivity contribution in [2.45, 2.75) is 38.5 Å². The monoisotopic (exact) mass is 347 g/mol. The van der Waals surface area contributed by atoms with Crippen molar-refractivity contribution in [3.63, 3.8) is 0 Å². The van der Waals surface area contributed by atoms with Gasteiger partial charge in [-0.15, -0.1) is 0 Å². The molecule has 5 N–H and O–H groups in total. The van der Waals surface area contributed by atoms with Crippen LogP contribution < -0.4 is 16.4 Å². The van der Waals surface area contributed by atoms with Crippen LogP contribution in [0.25, 0.3) is 0 Å². The first-order valence-electron chi connectivity index (χ1n) is 8.70. The van der Waals surface area contributed by atoms with Crippen molar-refractivity contribution in [2.24, 2.45) is 5.73 Å². The Labute approximate surface area is 144 Å². The van der Waals surface area contributed by atoms with Crippen LogP contribution in [0.2, 0.25) is 0 Å². The maximum atomic E-state index is 11.6. The molecular formula is C16H33N3O5. The fourth-order valence-electron chi connectivity index (χ4n) is 1.89. The average Bonchev–Trinajstić information content (AvgIpc) is 2.58. The highest BCUT2D eigenvalue weighted by molar-refractivity contribution is 5.83. The van der Waals surface area contributed by atoms with Gasteiger partial charge in [-0.2, -0.15) is 0 Å². The number of ether oxygens (including phenoxy) is 2. The number of hydrogen-bond donors (Lipinski definition) is 4. The predicted molar refractivity (Wildman–Crippen MR) is 91.5 cm³/mol. The Kier molecular flexibility index (Phi) is 17.2. The third kappa shape index (κ3) is 17.1. The van der Waals surface area contributed by atoms with Crippen molar-refractivity contribution in [3.8, 4) is 0 Å². The number of unbranched alkanes of at least 4 members (excludes halogenated alkanes) is 3. The number of hydrogen-bond acceptors (Lipinski definition) is 6. The maximum Gasteiger partial charge on any atom is 0.220 e. The number of nitrogens with two attached hydrogens (primary N) is 1. The zero-order valence-corrected chi connectivity index (χ0v) is 14.6. The van der Waals surface area contributed by atoms with Crippen LogP contribution in [0.4, 0.5) is 0 Å². The second-order valence-electron chi connectivity index (χ2n) is 5.35. The number of rotatable bonds is 17. The Bertz CT molecular complexity index is 316. The molecule has 0 aliphatic carbocycles. The van der Waals surface area contributed by atoms with Crippen molar-refractivity contribution in [2.75, 3.05) is 52.7 Å². The maximum absolute atomic E-state index is 11.6. The minimum Gasteiger partial charge on any atom is -0.396 e. The van der Waals surface area contributed by atoms with Crippen LogP contribution in [0.3, 0.4) is 0 Å². The van der Waals surface area contributed by atoms with Gasteiger partial charge in [-0.25, -0.2) is 0 Å². The fraction of sp³-hybridized carbons (Fsp3) is 0.875. The van der Waals surface area contributed by atoms with Gasteiger partial charge in [0.05, 0.1) is 26.4 Å². The minimum absolute atomic E-state index is 0.111. The highest BCUT2D eigenvalue weighted by Crippen LogP contribution is 1.98. The number of carbonyl (C=O) groups excluding carboxylic acids is 2. The molecule has 0 radical (unpaired) electrons. The van der Waals surface area contributed by atoms with E-state index in [0.29, 0.717) is 46.1 Å². The second kappa shape index (κ2) is 18.1. The Morgan fingerprint density at radius 3 is 2.00 bits per heavy atom. The van der Waals surface area contributed by atoms with E-state index in [2.05, 4.69) is 10.6 Å². The summed E-state index contributed by atoms with van der Waals surface area (Å²) in [6.07, 6.45) is 4.02. The second-order valence-corrected chi connectivity index (χ2v) is 5.35.